The SMILES string of the molecule is CCCCCCCC(=O)O[C@@]12CC[C@]34C=C(C)[C@H](O)[C@@]3(O)[C@H](O)C(COC(=O)C(C)(C)C)=C[C@H](C4O)[C@@H]1C2(C)C. The minimum atomic E-state index is -2.14. The molecule has 4 N–H and O–H groups in total. The average molecular weight is 563 g/mol. The number of aliphatic hydroxyl groups is 4. The van der Waals surface area contributed by atoms with Gasteiger partial charge in [-0.25, -0.2) is 0 Å². The third-order valence-electron chi connectivity index (χ3n) is 10.5. The summed E-state index contributed by atoms with van der Waals surface area (Å²) < 4.78 is 11.9. The molecule has 0 radical (unpaired) electrons. The Kier molecular flexibility index (Phi) is 8.20. The molecule has 8 heteroatoms. The second kappa shape index (κ2) is 10.5. The number of hydrogen-bond donors (Lipinski definition) is 4. The van der Waals surface area contributed by atoms with E-state index < -0.39 is 57.6 Å². The van der Waals surface area contributed by atoms with Crippen molar-refractivity contribution in [2.45, 2.75) is 129 Å². The van der Waals surface area contributed by atoms with Crippen molar-refractivity contribution in [3.05, 3.63) is 23.3 Å². The second-order valence-corrected chi connectivity index (χ2v) is 14.4. The van der Waals surface area contributed by atoms with Gasteiger partial charge < -0.3 is 29.9 Å². The summed E-state index contributed by atoms with van der Waals surface area (Å²) in [4.78, 5) is 25.7. The Morgan fingerprint density at radius 1 is 1.02 bits per heavy atom. The lowest BCUT2D eigenvalue weighted by molar-refractivity contribution is -0.203. The Morgan fingerprint density at radius 3 is 2.30 bits per heavy atom. The largest absolute Gasteiger partial charge is 0.461 e. The highest BCUT2D eigenvalue weighted by atomic mass is 16.6. The lowest BCUT2D eigenvalue weighted by atomic mass is 9.62. The number of aliphatic hydroxyl groups excluding tert-OH is 3. The van der Waals surface area contributed by atoms with Crippen LogP contribution in [0.5, 0.6) is 0 Å². The zero-order chi connectivity index (χ0) is 29.9. The van der Waals surface area contributed by atoms with Gasteiger partial charge in [0.1, 0.15) is 30.0 Å². The van der Waals surface area contributed by atoms with E-state index in [1.807, 2.05) is 13.8 Å². The highest BCUT2D eigenvalue weighted by Crippen LogP contribution is 2.75. The van der Waals surface area contributed by atoms with Crippen molar-refractivity contribution >= 4 is 11.9 Å². The molecule has 4 aliphatic rings. The normalized spacial score (nSPS) is 39.6. The van der Waals surface area contributed by atoms with Gasteiger partial charge in [-0.05, 0) is 58.1 Å². The highest BCUT2D eigenvalue weighted by molar-refractivity contribution is 5.75. The van der Waals surface area contributed by atoms with E-state index in [0.29, 0.717) is 18.4 Å². The van der Waals surface area contributed by atoms with Crippen LogP contribution in [0.15, 0.2) is 23.3 Å². The number of unbranched alkanes of at least 4 members (excludes halogenated alkanes) is 4. The van der Waals surface area contributed by atoms with Gasteiger partial charge in [0.2, 0.25) is 0 Å². The number of carbonyl (C=O) groups is 2. The Morgan fingerprint density at radius 2 is 1.68 bits per heavy atom. The summed E-state index contributed by atoms with van der Waals surface area (Å²) in [5, 5.41) is 47.1. The fourth-order valence-electron chi connectivity index (χ4n) is 8.07. The first-order valence-electron chi connectivity index (χ1n) is 15.1. The van der Waals surface area contributed by atoms with Crippen LogP contribution in [0.25, 0.3) is 0 Å². The maximum absolute atomic E-state index is 13.1. The zero-order valence-electron chi connectivity index (χ0n) is 25.3. The van der Waals surface area contributed by atoms with Crippen LogP contribution in [0.4, 0.5) is 0 Å². The molecule has 2 fully saturated rings. The Hall–Kier alpha value is -1.74. The Bertz CT molecular complexity index is 1070. The average Bonchev–Trinajstić information content (AvgIpc) is 3.32. The van der Waals surface area contributed by atoms with Gasteiger partial charge in [-0.1, -0.05) is 58.6 Å². The molecule has 2 bridgehead atoms. The summed E-state index contributed by atoms with van der Waals surface area (Å²) >= 11 is 0. The quantitative estimate of drug-likeness (QED) is 0.188. The van der Waals surface area contributed by atoms with Gasteiger partial charge in [-0.3, -0.25) is 9.59 Å². The molecule has 226 valence electrons. The molecular weight excluding hydrogens is 512 g/mol. The number of esters is 2. The first-order chi connectivity index (χ1) is 18.5. The third-order valence-corrected chi connectivity index (χ3v) is 10.5. The van der Waals surface area contributed by atoms with Crippen LogP contribution in [0.3, 0.4) is 0 Å². The second-order valence-electron chi connectivity index (χ2n) is 14.4. The molecular formula is C32H50O8. The molecule has 0 amide bonds. The molecule has 1 spiro atoms. The molecule has 0 aliphatic heterocycles. The van der Waals surface area contributed by atoms with Crippen LogP contribution in [-0.2, 0) is 19.1 Å². The van der Waals surface area contributed by atoms with Crippen molar-refractivity contribution in [1.82, 2.24) is 0 Å². The summed E-state index contributed by atoms with van der Waals surface area (Å²) in [7, 11) is 0. The van der Waals surface area contributed by atoms with Crippen molar-refractivity contribution in [2.75, 3.05) is 6.61 Å². The predicted molar refractivity (Wildman–Crippen MR) is 150 cm³/mol. The van der Waals surface area contributed by atoms with E-state index >= 15 is 0 Å². The monoisotopic (exact) mass is 562 g/mol. The maximum atomic E-state index is 13.1. The number of ether oxygens (including phenoxy) is 2. The minimum absolute atomic E-state index is 0.208. The molecule has 0 heterocycles. The van der Waals surface area contributed by atoms with Crippen molar-refractivity contribution in [1.29, 1.82) is 0 Å². The molecule has 0 aromatic carbocycles. The minimum Gasteiger partial charge on any atom is -0.461 e. The first-order valence-corrected chi connectivity index (χ1v) is 15.1. The van der Waals surface area contributed by atoms with E-state index in [0.717, 1.165) is 32.1 Å². The van der Waals surface area contributed by atoms with Gasteiger partial charge in [0, 0.05) is 29.1 Å². The van der Waals surface area contributed by atoms with Crippen LogP contribution in [0, 0.1) is 28.1 Å². The standard InChI is InChI=1S/C32H50O8/c1-8-9-10-11-12-13-22(33)40-31-15-14-30-17-19(2)24(34)32(30,38)25(35)20(18-39-27(37)28(3,4)5)16-21(26(30)36)23(31)29(31,6)7/h16-17,21,23-26,34-36,38H,8-15,18H2,1-7H3/t21-,23+,24-,25+,26?,30+,31-,32+/m0/s1. The van der Waals surface area contributed by atoms with Crippen molar-refractivity contribution in [3.63, 3.8) is 0 Å². The number of hydrogen-bond acceptors (Lipinski definition) is 8. The van der Waals surface area contributed by atoms with Gasteiger partial charge in [0.25, 0.3) is 0 Å². The first kappa shape index (κ1) is 31.2. The lowest BCUT2D eigenvalue weighted by Crippen LogP contribution is -2.64. The molecule has 40 heavy (non-hydrogen) atoms. The fourth-order valence-corrected chi connectivity index (χ4v) is 8.07. The van der Waals surface area contributed by atoms with E-state index in [-0.39, 0.29) is 30.5 Å². The maximum Gasteiger partial charge on any atom is 0.311 e. The van der Waals surface area contributed by atoms with E-state index in [1.165, 1.54) is 0 Å². The lowest BCUT2D eigenvalue weighted by Gasteiger charge is -2.48. The van der Waals surface area contributed by atoms with Gasteiger partial charge in [-0.15, -0.1) is 0 Å². The molecule has 8 nitrogen and oxygen atoms in total. The molecule has 4 aliphatic carbocycles. The number of carbonyl (C=O) groups excluding carboxylic acids is 2. The van der Waals surface area contributed by atoms with Crippen LogP contribution < -0.4 is 0 Å². The Labute approximate surface area is 238 Å². The molecule has 0 aromatic rings. The highest BCUT2D eigenvalue weighted by Gasteiger charge is 2.81. The fraction of sp³-hybridized carbons (Fsp3) is 0.812. The van der Waals surface area contributed by atoms with Crippen LogP contribution in [-0.4, -0.2) is 68.5 Å². The van der Waals surface area contributed by atoms with Gasteiger partial charge in [0.15, 0.2) is 0 Å². The summed E-state index contributed by atoms with van der Waals surface area (Å²) in [5.74, 6) is -1.63. The molecule has 8 atom stereocenters. The summed E-state index contributed by atoms with van der Waals surface area (Å²) in [6.07, 6.45) is 5.24. The molecule has 0 aromatic heterocycles. The smallest absolute Gasteiger partial charge is 0.311 e. The molecule has 0 saturated heterocycles. The van der Waals surface area contributed by atoms with Crippen molar-refractivity contribution in [2.24, 2.45) is 28.1 Å². The van der Waals surface area contributed by atoms with E-state index in [4.69, 9.17) is 9.47 Å². The topological polar surface area (TPSA) is 134 Å². The molecule has 1 unspecified atom stereocenters. The van der Waals surface area contributed by atoms with Crippen molar-refractivity contribution < 1.29 is 39.5 Å². The van der Waals surface area contributed by atoms with Gasteiger partial charge >= 0.3 is 11.9 Å². The zero-order valence-corrected chi connectivity index (χ0v) is 25.3. The van der Waals surface area contributed by atoms with Crippen LogP contribution in [0.2, 0.25) is 0 Å². The molecule has 2 saturated carbocycles. The van der Waals surface area contributed by atoms with Crippen molar-refractivity contribution in [3.8, 4) is 0 Å². The third kappa shape index (κ3) is 4.58. The van der Waals surface area contributed by atoms with Crippen LogP contribution in [0.1, 0.15) is 99.8 Å². The van der Waals surface area contributed by atoms with Gasteiger partial charge in [-0.2, -0.15) is 0 Å². The number of rotatable bonds is 9. The summed E-state index contributed by atoms with van der Waals surface area (Å²) in [5.41, 5.74) is -4.93. The van der Waals surface area contributed by atoms with E-state index in [1.54, 1.807) is 39.8 Å². The Balaban J connectivity index is 1.70. The summed E-state index contributed by atoms with van der Waals surface area (Å²) in [6, 6.07) is 0. The predicted octanol–water partition coefficient (Wildman–Crippen LogP) is 3.98. The molecule has 4 rings (SSSR count). The van der Waals surface area contributed by atoms with E-state index in [2.05, 4.69) is 6.92 Å². The van der Waals surface area contributed by atoms with Gasteiger partial charge in [0.05, 0.1) is 11.5 Å². The number of fused-ring (bicyclic) bond motifs is 3. The van der Waals surface area contributed by atoms with Crippen LogP contribution >= 0.6 is 0 Å². The summed E-state index contributed by atoms with van der Waals surface area (Å²) in [6.45, 7) is 12.8. The van der Waals surface area contributed by atoms with E-state index in [9.17, 15) is 30.0 Å².